The number of aliphatic hydroxyl groups excluding tert-OH is 1. The van der Waals surface area contributed by atoms with Crippen LogP contribution in [0.5, 0.6) is 0 Å². The summed E-state index contributed by atoms with van der Waals surface area (Å²) < 4.78 is 4.93. The molecule has 0 unspecified atom stereocenters. The van der Waals surface area contributed by atoms with Gasteiger partial charge in [-0.3, -0.25) is 14.8 Å². The van der Waals surface area contributed by atoms with Crippen LogP contribution < -0.4 is 11.3 Å². The fraction of sp³-hybridized carbons (Fsp3) is 0.200. The zero-order valence-electron chi connectivity index (χ0n) is 9.63. The molecule has 2 heterocycles. The minimum atomic E-state index is -0.523. The molecule has 0 saturated heterocycles. The van der Waals surface area contributed by atoms with Crippen LogP contribution in [-0.4, -0.2) is 26.3 Å². The molecule has 0 aliphatic carbocycles. The van der Waals surface area contributed by atoms with Gasteiger partial charge in [0.05, 0.1) is 6.54 Å². The topological polar surface area (TPSA) is 130 Å². The van der Waals surface area contributed by atoms with Crippen molar-refractivity contribution >= 4 is 23.5 Å². The van der Waals surface area contributed by atoms with Gasteiger partial charge < -0.3 is 15.3 Å². The molecule has 0 bridgehead atoms. The van der Waals surface area contributed by atoms with Crippen molar-refractivity contribution in [3.63, 3.8) is 0 Å². The van der Waals surface area contributed by atoms with Crippen LogP contribution >= 0.6 is 11.6 Å². The number of anilines is 1. The second kappa shape index (κ2) is 5.63. The van der Waals surface area contributed by atoms with Gasteiger partial charge in [-0.15, -0.1) is 0 Å². The molecule has 2 aromatic rings. The first-order valence-electron chi connectivity index (χ1n) is 5.19. The third-order valence-corrected chi connectivity index (χ3v) is 2.34. The average molecular weight is 284 g/mol. The highest BCUT2D eigenvalue weighted by Gasteiger charge is 2.05. The van der Waals surface area contributed by atoms with Crippen LogP contribution in [0.1, 0.15) is 17.3 Å². The Hall–Kier alpha value is -2.19. The van der Waals surface area contributed by atoms with E-state index in [1.54, 1.807) is 0 Å². The number of nitrogens with one attached hydrogen (secondary N) is 1. The Morgan fingerprint density at radius 1 is 1.58 bits per heavy atom. The van der Waals surface area contributed by atoms with Gasteiger partial charge in [-0.2, -0.15) is 0 Å². The molecule has 0 amide bonds. The van der Waals surface area contributed by atoms with E-state index in [9.17, 15) is 4.79 Å². The van der Waals surface area contributed by atoms with E-state index in [4.69, 9.17) is 26.9 Å². The first-order valence-corrected chi connectivity index (χ1v) is 5.57. The van der Waals surface area contributed by atoms with Gasteiger partial charge in [-0.25, -0.2) is 9.97 Å². The summed E-state index contributed by atoms with van der Waals surface area (Å²) in [6, 6.07) is 0. The molecule has 0 aliphatic heterocycles. The molecule has 100 valence electrons. The predicted molar refractivity (Wildman–Crippen MR) is 68.0 cm³/mol. The number of rotatable bonds is 4. The Labute approximate surface area is 112 Å². The van der Waals surface area contributed by atoms with Gasteiger partial charge in [0, 0.05) is 6.21 Å². The van der Waals surface area contributed by atoms with E-state index >= 15 is 0 Å². The first-order chi connectivity index (χ1) is 9.10. The molecule has 2 rings (SSSR count). The number of oxazole rings is 1. The molecule has 9 heteroatoms. The van der Waals surface area contributed by atoms with E-state index in [1.165, 1.54) is 12.5 Å². The normalized spacial score (nSPS) is 11.3. The van der Waals surface area contributed by atoms with Crippen LogP contribution in [0.2, 0.25) is 5.28 Å². The summed E-state index contributed by atoms with van der Waals surface area (Å²) in [7, 11) is 0. The molecule has 0 spiro atoms. The highest BCUT2D eigenvalue weighted by atomic mass is 35.5. The summed E-state index contributed by atoms with van der Waals surface area (Å²) in [5.74, 6) is 0.210. The molecule has 0 aromatic carbocycles. The van der Waals surface area contributed by atoms with E-state index < -0.39 is 5.56 Å². The first kappa shape index (κ1) is 13.2. The third kappa shape index (κ3) is 3.18. The fourth-order valence-electron chi connectivity index (χ4n) is 1.29. The van der Waals surface area contributed by atoms with E-state index in [2.05, 4.69) is 19.9 Å². The molecule has 0 saturated carbocycles. The molecule has 0 aliphatic rings. The Balaban J connectivity index is 2.13. The number of H-pyrrole nitrogens is 1. The molecule has 8 nitrogen and oxygen atoms in total. The van der Waals surface area contributed by atoms with Crippen molar-refractivity contribution in [2.24, 2.45) is 4.99 Å². The number of aliphatic hydroxyl groups is 1. The molecular formula is C10H10ClN5O3. The second-order valence-electron chi connectivity index (χ2n) is 3.52. The van der Waals surface area contributed by atoms with Gasteiger partial charge >= 0.3 is 0 Å². The number of aromatic amines is 1. The lowest BCUT2D eigenvalue weighted by atomic mass is 10.3. The minimum Gasteiger partial charge on any atom is -0.446 e. The van der Waals surface area contributed by atoms with Gasteiger partial charge in [0.15, 0.2) is 0 Å². The number of halogens is 1. The van der Waals surface area contributed by atoms with Crippen molar-refractivity contribution in [1.82, 2.24) is 15.0 Å². The number of aliphatic imine (C=N–C) groups is 1. The van der Waals surface area contributed by atoms with Crippen LogP contribution in [0.3, 0.4) is 0 Å². The smallest absolute Gasteiger partial charge is 0.275 e. The molecule has 0 fully saturated rings. The summed E-state index contributed by atoms with van der Waals surface area (Å²) >= 11 is 5.60. The van der Waals surface area contributed by atoms with Crippen molar-refractivity contribution < 1.29 is 9.52 Å². The zero-order chi connectivity index (χ0) is 13.8. The summed E-state index contributed by atoms with van der Waals surface area (Å²) in [6.07, 6.45) is 2.70. The van der Waals surface area contributed by atoms with Crippen molar-refractivity contribution in [2.75, 3.05) is 5.73 Å². The fourth-order valence-corrected chi connectivity index (χ4v) is 1.47. The highest BCUT2D eigenvalue weighted by Crippen LogP contribution is 2.05. The average Bonchev–Trinajstić information content (AvgIpc) is 2.83. The van der Waals surface area contributed by atoms with Gasteiger partial charge in [0.2, 0.25) is 11.2 Å². The summed E-state index contributed by atoms with van der Waals surface area (Å²) in [5, 5.41) is 8.71. The Kier molecular flexibility index (Phi) is 3.93. The number of aromatic nitrogens is 3. The van der Waals surface area contributed by atoms with Crippen molar-refractivity contribution in [3.8, 4) is 0 Å². The van der Waals surface area contributed by atoms with Crippen molar-refractivity contribution in [2.45, 2.75) is 13.2 Å². The van der Waals surface area contributed by atoms with Crippen LogP contribution in [0, 0.1) is 0 Å². The number of nitrogens with zero attached hydrogens (tertiary/aromatic N) is 3. The van der Waals surface area contributed by atoms with Crippen LogP contribution in [0.15, 0.2) is 20.5 Å². The van der Waals surface area contributed by atoms with Crippen LogP contribution in [0.25, 0.3) is 0 Å². The Bertz CT molecular complexity index is 663. The zero-order valence-corrected chi connectivity index (χ0v) is 10.4. The lowest BCUT2D eigenvalue weighted by molar-refractivity contribution is 0.240. The lowest BCUT2D eigenvalue weighted by Crippen LogP contribution is -2.16. The maximum atomic E-state index is 11.3. The number of nitrogens with two attached hydrogens (primary N) is 1. The van der Waals surface area contributed by atoms with E-state index in [0.29, 0.717) is 5.69 Å². The van der Waals surface area contributed by atoms with E-state index in [1.807, 2.05) is 0 Å². The maximum Gasteiger partial charge on any atom is 0.275 e. The predicted octanol–water partition coefficient (Wildman–Crippen LogP) is 0.105. The largest absolute Gasteiger partial charge is 0.446 e. The maximum absolute atomic E-state index is 11.3. The molecule has 0 atom stereocenters. The standard InChI is InChI=1S/C10H10ClN5O3/c11-10-15-6(8(12)9(18)16-10)2-13-1-5-4-19-7(3-17)14-5/h2,4,17H,1,3,12H2,(H,15,16,18). The third-order valence-electron chi connectivity index (χ3n) is 2.16. The lowest BCUT2D eigenvalue weighted by Gasteiger charge is -1.98. The highest BCUT2D eigenvalue weighted by molar-refractivity contribution is 6.28. The molecular weight excluding hydrogens is 274 g/mol. The van der Waals surface area contributed by atoms with Gasteiger partial charge in [-0.05, 0) is 11.6 Å². The Morgan fingerprint density at radius 3 is 3.05 bits per heavy atom. The summed E-state index contributed by atoms with van der Waals surface area (Å²) in [6.45, 7) is -0.0725. The SMILES string of the molecule is Nc1c(C=NCc2coc(CO)n2)nc(Cl)[nH]c1=O. The number of nitrogen functional groups attached to an aromatic ring is 1. The second-order valence-corrected chi connectivity index (χ2v) is 3.87. The summed E-state index contributed by atoms with van der Waals surface area (Å²) in [5.41, 5.74) is 5.66. The van der Waals surface area contributed by atoms with Crippen molar-refractivity contribution in [3.05, 3.63) is 39.2 Å². The minimum absolute atomic E-state index is 0.0651. The van der Waals surface area contributed by atoms with E-state index in [-0.39, 0.29) is 35.7 Å². The van der Waals surface area contributed by atoms with E-state index in [0.717, 1.165) is 0 Å². The number of hydrogen-bond acceptors (Lipinski definition) is 7. The molecule has 4 N–H and O–H groups in total. The van der Waals surface area contributed by atoms with Crippen LogP contribution in [0.4, 0.5) is 5.69 Å². The monoisotopic (exact) mass is 283 g/mol. The van der Waals surface area contributed by atoms with Crippen molar-refractivity contribution in [1.29, 1.82) is 0 Å². The molecule has 0 radical (unpaired) electrons. The van der Waals surface area contributed by atoms with Gasteiger partial charge in [0.1, 0.15) is 29.9 Å². The number of hydrogen-bond donors (Lipinski definition) is 3. The van der Waals surface area contributed by atoms with Gasteiger partial charge in [-0.1, -0.05) is 0 Å². The molecule has 2 aromatic heterocycles. The Morgan fingerprint density at radius 2 is 2.37 bits per heavy atom. The van der Waals surface area contributed by atoms with Crippen LogP contribution in [-0.2, 0) is 13.2 Å². The quantitative estimate of drug-likeness (QED) is 0.539. The molecule has 19 heavy (non-hydrogen) atoms. The van der Waals surface area contributed by atoms with Gasteiger partial charge in [0.25, 0.3) is 5.56 Å². The summed E-state index contributed by atoms with van der Waals surface area (Å²) in [4.78, 5) is 25.4.